The maximum Gasteiger partial charge on any atom is 0.305 e. The molecule has 0 aliphatic carbocycles. The maximum atomic E-state index is 12.4. The number of carbonyl (C=O) groups is 3. The van der Waals surface area contributed by atoms with Gasteiger partial charge in [-0.3, -0.25) is 24.5 Å². The molecule has 0 bridgehead atoms. The van der Waals surface area contributed by atoms with Crippen molar-refractivity contribution in [2.45, 2.75) is 25.4 Å². The van der Waals surface area contributed by atoms with Crippen LogP contribution in [0.4, 0.5) is 5.69 Å². The van der Waals surface area contributed by atoms with Crippen molar-refractivity contribution in [3.8, 4) is 0 Å². The van der Waals surface area contributed by atoms with Crippen molar-refractivity contribution in [1.82, 2.24) is 4.90 Å². The Hall–Kier alpha value is -2.97. The number of primary amides is 1. The fourth-order valence-corrected chi connectivity index (χ4v) is 2.57. The monoisotopic (exact) mass is 321 g/mol. The molecule has 0 saturated carbocycles. The zero-order valence-corrected chi connectivity index (χ0v) is 12.4. The number of benzene rings is 1. The van der Waals surface area contributed by atoms with Gasteiger partial charge in [-0.2, -0.15) is 0 Å². The highest BCUT2D eigenvalue weighted by molar-refractivity contribution is 6.02. The Morgan fingerprint density at radius 1 is 1.48 bits per heavy atom. The zero-order valence-electron chi connectivity index (χ0n) is 12.4. The number of hydrogen-bond donors (Lipinski definition) is 1. The first-order valence-electron chi connectivity index (χ1n) is 6.80. The number of ether oxygens (including phenoxy) is 1. The van der Waals surface area contributed by atoms with E-state index in [0.29, 0.717) is 0 Å². The number of esters is 1. The summed E-state index contributed by atoms with van der Waals surface area (Å²) in [6, 6.07) is 3.13. The minimum atomic E-state index is -1.03. The van der Waals surface area contributed by atoms with Gasteiger partial charge in [-0.15, -0.1) is 0 Å². The van der Waals surface area contributed by atoms with Crippen LogP contribution in [0.2, 0.25) is 0 Å². The summed E-state index contributed by atoms with van der Waals surface area (Å²) < 4.78 is 4.50. The molecular formula is C14H15N3O6. The van der Waals surface area contributed by atoms with Crippen LogP contribution in [0.3, 0.4) is 0 Å². The van der Waals surface area contributed by atoms with Crippen molar-refractivity contribution in [2.24, 2.45) is 5.73 Å². The highest BCUT2D eigenvalue weighted by Crippen LogP contribution is 2.32. The second-order valence-electron chi connectivity index (χ2n) is 5.03. The molecule has 1 aliphatic heterocycles. The van der Waals surface area contributed by atoms with E-state index in [0.717, 1.165) is 4.90 Å². The van der Waals surface area contributed by atoms with Gasteiger partial charge in [0, 0.05) is 12.5 Å². The van der Waals surface area contributed by atoms with E-state index in [1.807, 2.05) is 0 Å². The number of hydrogen-bond acceptors (Lipinski definition) is 6. The minimum Gasteiger partial charge on any atom is -0.469 e. The Labute approximate surface area is 131 Å². The first-order chi connectivity index (χ1) is 10.9. The van der Waals surface area contributed by atoms with Crippen LogP contribution in [-0.2, 0) is 20.9 Å². The van der Waals surface area contributed by atoms with E-state index >= 15 is 0 Å². The second kappa shape index (κ2) is 6.42. The summed E-state index contributed by atoms with van der Waals surface area (Å²) in [6.07, 6.45) is -0.0954. The van der Waals surface area contributed by atoms with Crippen LogP contribution in [0.15, 0.2) is 18.2 Å². The molecule has 1 heterocycles. The van der Waals surface area contributed by atoms with Crippen molar-refractivity contribution in [3.05, 3.63) is 39.4 Å². The highest BCUT2D eigenvalue weighted by atomic mass is 16.6. The lowest BCUT2D eigenvalue weighted by Gasteiger charge is -2.24. The first kappa shape index (κ1) is 16.4. The SMILES string of the molecule is COC(=O)CCC(C(N)=O)N1Cc2c(cccc2[N+](=O)[O-])C1=O. The van der Waals surface area contributed by atoms with Crippen LogP contribution in [0, 0.1) is 10.1 Å². The third kappa shape index (κ3) is 3.12. The normalized spacial score (nSPS) is 14.3. The van der Waals surface area contributed by atoms with Crippen molar-refractivity contribution >= 4 is 23.5 Å². The summed E-state index contributed by atoms with van der Waals surface area (Å²) in [4.78, 5) is 46.9. The Bertz CT molecular complexity index is 687. The number of nitro benzene ring substituents is 1. The average molecular weight is 321 g/mol. The third-order valence-corrected chi connectivity index (χ3v) is 3.72. The molecule has 0 spiro atoms. The van der Waals surface area contributed by atoms with E-state index in [1.54, 1.807) is 0 Å². The maximum absolute atomic E-state index is 12.4. The largest absolute Gasteiger partial charge is 0.469 e. The fourth-order valence-electron chi connectivity index (χ4n) is 2.57. The van der Waals surface area contributed by atoms with Gasteiger partial charge in [0.15, 0.2) is 0 Å². The van der Waals surface area contributed by atoms with Gasteiger partial charge in [0.2, 0.25) is 5.91 Å². The highest BCUT2D eigenvalue weighted by Gasteiger charge is 2.38. The van der Waals surface area contributed by atoms with E-state index in [4.69, 9.17) is 5.73 Å². The van der Waals surface area contributed by atoms with Gasteiger partial charge in [-0.05, 0) is 12.5 Å². The molecule has 1 aliphatic rings. The van der Waals surface area contributed by atoms with Crippen molar-refractivity contribution < 1.29 is 24.0 Å². The molecular weight excluding hydrogens is 306 g/mol. The van der Waals surface area contributed by atoms with E-state index in [-0.39, 0.29) is 36.2 Å². The lowest BCUT2D eigenvalue weighted by Crippen LogP contribution is -2.45. The van der Waals surface area contributed by atoms with Crippen LogP contribution in [0.25, 0.3) is 0 Å². The standard InChI is InChI=1S/C14H15N3O6/c1-23-12(18)6-5-11(13(15)19)16-7-9-8(14(16)20)3-2-4-10(9)17(21)22/h2-4,11H,5-7H2,1H3,(H2,15,19). The number of methoxy groups -OCH3 is 1. The molecule has 0 aromatic heterocycles. The fraction of sp³-hybridized carbons (Fsp3) is 0.357. The lowest BCUT2D eigenvalue weighted by molar-refractivity contribution is -0.385. The number of fused-ring (bicyclic) bond motifs is 1. The average Bonchev–Trinajstić information content (AvgIpc) is 2.84. The minimum absolute atomic E-state index is 0.00443. The summed E-state index contributed by atoms with van der Waals surface area (Å²) in [5.41, 5.74) is 5.55. The molecule has 9 heteroatoms. The summed E-state index contributed by atoms with van der Waals surface area (Å²) in [5.74, 6) is -1.83. The van der Waals surface area contributed by atoms with Gasteiger partial charge >= 0.3 is 5.97 Å². The van der Waals surface area contributed by atoms with Crippen molar-refractivity contribution in [3.63, 3.8) is 0 Å². The van der Waals surface area contributed by atoms with Crippen molar-refractivity contribution in [2.75, 3.05) is 7.11 Å². The molecule has 1 aromatic rings. The van der Waals surface area contributed by atoms with E-state index in [1.165, 1.54) is 25.3 Å². The second-order valence-corrected chi connectivity index (χ2v) is 5.03. The van der Waals surface area contributed by atoms with Crippen LogP contribution in [0.5, 0.6) is 0 Å². The number of nitrogens with zero attached hydrogens (tertiary/aromatic N) is 2. The third-order valence-electron chi connectivity index (χ3n) is 3.72. The molecule has 2 amide bonds. The van der Waals surface area contributed by atoms with Gasteiger partial charge in [0.05, 0.1) is 29.7 Å². The lowest BCUT2D eigenvalue weighted by atomic mass is 10.1. The molecule has 122 valence electrons. The molecule has 2 N–H and O–H groups in total. The van der Waals surface area contributed by atoms with Gasteiger partial charge < -0.3 is 15.4 Å². The Morgan fingerprint density at radius 3 is 2.74 bits per heavy atom. The van der Waals surface area contributed by atoms with E-state index < -0.39 is 28.7 Å². The quantitative estimate of drug-likeness (QED) is 0.457. The summed E-state index contributed by atoms with van der Waals surface area (Å²) in [6.45, 7) is -0.0971. The van der Waals surface area contributed by atoms with E-state index in [9.17, 15) is 24.5 Å². The Kier molecular flexibility index (Phi) is 4.58. The van der Waals surface area contributed by atoms with Gasteiger partial charge in [0.25, 0.3) is 11.6 Å². The number of carbonyl (C=O) groups excluding carboxylic acids is 3. The topological polar surface area (TPSA) is 133 Å². The first-order valence-corrected chi connectivity index (χ1v) is 6.80. The molecule has 1 atom stereocenters. The van der Waals surface area contributed by atoms with Crippen molar-refractivity contribution in [1.29, 1.82) is 0 Å². The molecule has 9 nitrogen and oxygen atoms in total. The number of amides is 2. The number of rotatable bonds is 6. The van der Waals surface area contributed by atoms with Crippen LogP contribution < -0.4 is 5.73 Å². The van der Waals surface area contributed by atoms with E-state index in [2.05, 4.69) is 4.74 Å². The predicted molar refractivity (Wildman–Crippen MR) is 77.2 cm³/mol. The summed E-state index contributed by atoms with van der Waals surface area (Å²) in [5, 5.41) is 11.1. The molecule has 1 unspecified atom stereocenters. The molecule has 0 saturated heterocycles. The zero-order chi connectivity index (χ0) is 17.1. The molecule has 0 fully saturated rings. The van der Waals surface area contributed by atoms with Crippen LogP contribution >= 0.6 is 0 Å². The van der Waals surface area contributed by atoms with Gasteiger partial charge in [-0.1, -0.05) is 6.07 Å². The Balaban J connectivity index is 2.28. The summed E-state index contributed by atoms with van der Waals surface area (Å²) >= 11 is 0. The number of nitrogens with two attached hydrogens (primary N) is 1. The molecule has 23 heavy (non-hydrogen) atoms. The molecule has 2 rings (SSSR count). The van der Waals surface area contributed by atoms with Gasteiger partial charge in [0.1, 0.15) is 6.04 Å². The summed E-state index contributed by atoms with van der Waals surface area (Å²) in [7, 11) is 1.21. The number of nitro groups is 1. The smallest absolute Gasteiger partial charge is 0.305 e. The Morgan fingerprint density at radius 2 is 2.17 bits per heavy atom. The van der Waals surface area contributed by atoms with Gasteiger partial charge in [-0.25, -0.2) is 0 Å². The van der Waals surface area contributed by atoms with Crippen LogP contribution in [-0.4, -0.2) is 40.8 Å². The predicted octanol–water partition coefficient (Wildman–Crippen LogP) is 0.358. The molecule has 1 aromatic carbocycles. The molecule has 0 radical (unpaired) electrons. The van der Waals surface area contributed by atoms with Crippen LogP contribution in [0.1, 0.15) is 28.8 Å².